The number of nitrogens with zero attached hydrogens (tertiary/aromatic N) is 2. The van der Waals surface area contributed by atoms with Gasteiger partial charge in [0.15, 0.2) is 5.13 Å². The molecule has 0 unspecified atom stereocenters. The predicted octanol–water partition coefficient (Wildman–Crippen LogP) is 2.90. The number of aryl methyl sites for hydroxylation is 2. The van der Waals surface area contributed by atoms with E-state index in [1.807, 2.05) is 25.1 Å². The zero-order valence-corrected chi connectivity index (χ0v) is 17.1. The van der Waals surface area contributed by atoms with E-state index in [4.69, 9.17) is 4.74 Å². The van der Waals surface area contributed by atoms with Crippen molar-refractivity contribution in [3.05, 3.63) is 45.5 Å². The molecular weight excluding hydrogens is 400 g/mol. The molecule has 0 bridgehead atoms. The van der Waals surface area contributed by atoms with E-state index < -0.39 is 11.7 Å². The van der Waals surface area contributed by atoms with Crippen LogP contribution >= 0.6 is 23.1 Å². The van der Waals surface area contributed by atoms with Crippen LogP contribution in [0.15, 0.2) is 28.0 Å². The highest BCUT2D eigenvalue weighted by Crippen LogP contribution is 2.27. The molecule has 2 N–H and O–H groups in total. The topological polar surface area (TPSA) is 114 Å². The maximum absolute atomic E-state index is 12.3. The van der Waals surface area contributed by atoms with Gasteiger partial charge in [0, 0.05) is 5.69 Å². The zero-order valence-electron chi connectivity index (χ0n) is 15.5. The second kappa shape index (κ2) is 8.53. The van der Waals surface area contributed by atoms with E-state index in [2.05, 4.69) is 20.3 Å². The van der Waals surface area contributed by atoms with Crippen LogP contribution in [0.1, 0.15) is 28.5 Å². The predicted molar refractivity (Wildman–Crippen MR) is 109 cm³/mol. The van der Waals surface area contributed by atoms with E-state index in [-0.39, 0.29) is 28.9 Å². The molecular formula is C18H18N4O4S2. The second-order valence-corrected chi connectivity index (χ2v) is 7.89. The average Bonchev–Trinajstić information content (AvgIpc) is 3.00. The number of esters is 1. The second-order valence-electron chi connectivity index (χ2n) is 5.89. The molecule has 2 heterocycles. The average molecular weight is 419 g/mol. The Labute approximate surface area is 168 Å². The van der Waals surface area contributed by atoms with Crippen molar-refractivity contribution in [2.24, 2.45) is 0 Å². The summed E-state index contributed by atoms with van der Waals surface area (Å²) >= 11 is 2.38. The first-order valence-electron chi connectivity index (χ1n) is 8.45. The Hall–Kier alpha value is -2.72. The van der Waals surface area contributed by atoms with Gasteiger partial charge in [0.1, 0.15) is 10.6 Å². The number of H-pyrrole nitrogens is 1. The summed E-state index contributed by atoms with van der Waals surface area (Å²) in [5.41, 5.74) is 1.86. The summed E-state index contributed by atoms with van der Waals surface area (Å²) < 4.78 is 6.00. The Morgan fingerprint density at radius 1 is 1.29 bits per heavy atom. The van der Waals surface area contributed by atoms with E-state index in [0.29, 0.717) is 10.8 Å². The van der Waals surface area contributed by atoms with Gasteiger partial charge in [-0.15, -0.1) is 0 Å². The van der Waals surface area contributed by atoms with E-state index in [0.717, 1.165) is 27.5 Å². The van der Waals surface area contributed by atoms with Crippen LogP contribution in [-0.2, 0) is 9.53 Å². The number of hydrogen-bond donors (Lipinski definition) is 2. The van der Waals surface area contributed by atoms with Gasteiger partial charge in [-0.2, -0.15) is 4.98 Å². The molecule has 10 heteroatoms. The van der Waals surface area contributed by atoms with Gasteiger partial charge in [0.25, 0.3) is 0 Å². The molecule has 0 aliphatic heterocycles. The Balaban J connectivity index is 1.73. The van der Waals surface area contributed by atoms with E-state index in [9.17, 15) is 14.4 Å². The van der Waals surface area contributed by atoms with Gasteiger partial charge < -0.3 is 15.0 Å². The normalized spacial score (nSPS) is 10.8. The highest BCUT2D eigenvalue weighted by Gasteiger charge is 2.20. The minimum absolute atomic E-state index is 0.0305. The summed E-state index contributed by atoms with van der Waals surface area (Å²) in [6, 6.07) is 5.87. The fourth-order valence-corrected chi connectivity index (χ4v) is 4.33. The van der Waals surface area contributed by atoms with Gasteiger partial charge in [0.2, 0.25) is 5.91 Å². The van der Waals surface area contributed by atoms with Crippen LogP contribution in [0.5, 0.6) is 0 Å². The molecule has 3 rings (SSSR count). The SMILES string of the molecule is CCOC(=O)c1c(SCC(=O)Nc2nc3ccc(C)cc3s2)nc(=O)[nH]c1C. The number of anilines is 1. The Kier molecular flexibility index (Phi) is 6.10. The molecule has 0 fully saturated rings. The first kappa shape index (κ1) is 20.0. The standard InChI is InChI=1S/C18H18N4O4S2/c1-4-26-16(24)14-10(3)19-17(25)22-15(14)27-8-13(23)21-18-20-11-6-5-9(2)7-12(11)28-18/h5-7H,4,8H2,1-3H3,(H,19,22,25)(H,20,21,23). The molecule has 8 nitrogen and oxygen atoms in total. The third-order valence-corrected chi connectivity index (χ3v) is 5.61. The molecule has 0 aliphatic rings. The molecule has 28 heavy (non-hydrogen) atoms. The number of benzene rings is 1. The number of carbonyl (C=O) groups excluding carboxylic acids is 2. The molecule has 0 spiro atoms. The van der Waals surface area contributed by atoms with Crippen molar-refractivity contribution in [1.29, 1.82) is 0 Å². The fourth-order valence-electron chi connectivity index (χ4n) is 2.48. The van der Waals surface area contributed by atoms with Crippen molar-refractivity contribution in [1.82, 2.24) is 15.0 Å². The Bertz CT molecular complexity index is 1110. The summed E-state index contributed by atoms with van der Waals surface area (Å²) in [7, 11) is 0. The number of thioether (sulfide) groups is 1. The largest absolute Gasteiger partial charge is 0.462 e. The van der Waals surface area contributed by atoms with Gasteiger partial charge >= 0.3 is 11.7 Å². The van der Waals surface area contributed by atoms with Gasteiger partial charge in [-0.25, -0.2) is 14.6 Å². The number of ether oxygens (including phenoxy) is 1. The Morgan fingerprint density at radius 3 is 2.82 bits per heavy atom. The summed E-state index contributed by atoms with van der Waals surface area (Å²) in [6.07, 6.45) is 0. The number of carbonyl (C=O) groups is 2. The lowest BCUT2D eigenvalue weighted by Crippen LogP contribution is -2.21. The fraction of sp³-hybridized carbons (Fsp3) is 0.278. The number of amides is 1. The van der Waals surface area contributed by atoms with Gasteiger partial charge in [0.05, 0.1) is 22.6 Å². The number of thiazole rings is 1. The molecule has 3 aromatic rings. The van der Waals surface area contributed by atoms with E-state index in [1.165, 1.54) is 11.3 Å². The van der Waals surface area contributed by atoms with Crippen molar-refractivity contribution >= 4 is 50.3 Å². The molecule has 0 radical (unpaired) electrons. The molecule has 0 aliphatic carbocycles. The van der Waals surface area contributed by atoms with Crippen LogP contribution in [0.4, 0.5) is 5.13 Å². The quantitative estimate of drug-likeness (QED) is 0.359. The zero-order chi connectivity index (χ0) is 20.3. The summed E-state index contributed by atoms with van der Waals surface area (Å²) in [5, 5.41) is 3.40. The van der Waals surface area contributed by atoms with E-state index >= 15 is 0 Å². The number of nitrogens with one attached hydrogen (secondary N) is 2. The molecule has 0 saturated heterocycles. The highest BCUT2D eigenvalue weighted by molar-refractivity contribution is 8.00. The van der Waals surface area contributed by atoms with E-state index in [1.54, 1.807) is 13.8 Å². The minimum atomic E-state index is -0.590. The van der Waals surface area contributed by atoms with Crippen LogP contribution in [0.25, 0.3) is 10.2 Å². The smallest absolute Gasteiger partial charge is 0.346 e. The van der Waals surface area contributed by atoms with Crippen LogP contribution in [0.2, 0.25) is 0 Å². The van der Waals surface area contributed by atoms with Gasteiger partial charge in [-0.05, 0) is 38.5 Å². The molecule has 1 amide bonds. The van der Waals surface area contributed by atoms with Crippen LogP contribution in [0, 0.1) is 13.8 Å². The van der Waals surface area contributed by atoms with Gasteiger partial charge in [-0.3, -0.25) is 4.79 Å². The molecule has 2 aromatic heterocycles. The maximum atomic E-state index is 12.3. The van der Waals surface area contributed by atoms with Crippen molar-refractivity contribution in [3.63, 3.8) is 0 Å². The van der Waals surface area contributed by atoms with Gasteiger partial charge in [-0.1, -0.05) is 29.2 Å². The van der Waals surface area contributed by atoms with Crippen molar-refractivity contribution in [2.45, 2.75) is 25.8 Å². The van der Waals surface area contributed by atoms with Crippen molar-refractivity contribution < 1.29 is 14.3 Å². The molecule has 0 atom stereocenters. The monoisotopic (exact) mass is 418 g/mol. The van der Waals surface area contributed by atoms with Crippen LogP contribution < -0.4 is 11.0 Å². The number of hydrogen-bond acceptors (Lipinski definition) is 8. The number of rotatable bonds is 6. The first-order valence-corrected chi connectivity index (χ1v) is 10.3. The summed E-state index contributed by atoms with van der Waals surface area (Å²) in [6.45, 7) is 5.46. The minimum Gasteiger partial charge on any atom is -0.462 e. The molecule has 146 valence electrons. The number of fused-ring (bicyclic) bond motifs is 1. The highest BCUT2D eigenvalue weighted by atomic mass is 32.2. The Morgan fingerprint density at radius 2 is 2.07 bits per heavy atom. The lowest BCUT2D eigenvalue weighted by molar-refractivity contribution is -0.113. The van der Waals surface area contributed by atoms with Crippen molar-refractivity contribution in [2.75, 3.05) is 17.7 Å². The number of aromatic nitrogens is 3. The molecule has 1 aromatic carbocycles. The van der Waals surface area contributed by atoms with Crippen LogP contribution in [-0.4, -0.2) is 39.2 Å². The molecule has 0 saturated carbocycles. The van der Waals surface area contributed by atoms with Crippen molar-refractivity contribution in [3.8, 4) is 0 Å². The maximum Gasteiger partial charge on any atom is 0.346 e. The summed E-state index contributed by atoms with van der Waals surface area (Å²) in [4.78, 5) is 46.8. The summed E-state index contributed by atoms with van der Waals surface area (Å²) in [5.74, 6) is -0.930. The lowest BCUT2D eigenvalue weighted by atomic mass is 10.2. The third-order valence-electron chi connectivity index (χ3n) is 3.70. The lowest BCUT2D eigenvalue weighted by Gasteiger charge is -2.09. The van der Waals surface area contributed by atoms with Crippen LogP contribution in [0.3, 0.4) is 0 Å². The number of aromatic amines is 1. The first-order chi connectivity index (χ1) is 13.4. The third kappa shape index (κ3) is 4.57.